The summed E-state index contributed by atoms with van der Waals surface area (Å²) in [7, 11) is 0. The Bertz CT molecular complexity index is 666. The van der Waals surface area contributed by atoms with E-state index in [1.54, 1.807) is 24.3 Å². The molecule has 120 valence electrons. The van der Waals surface area contributed by atoms with E-state index in [-0.39, 0.29) is 11.8 Å². The van der Waals surface area contributed by atoms with Crippen molar-refractivity contribution < 1.29 is 9.59 Å². The van der Waals surface area contributed by atoms with E-state index in [0.717, 1.165) is 12.0 Å². The maximum Gasteiger partial charge on any atom is 0.269 e. The lowest BCUT2D eigenvalue weighted by Crippen LogP contribution is -2.41. The predicted octanol–water partition coefficient (Wildman–Crippen LogP) is 3.30. The van der Waals surface area contributed by atoms with Gasteiger partial charge in [-0.3, -0.25) is 20.4 Å². The van der Waals surface area contributed by atoms with Crippen LogP contribution in [0.15, 0.2) is 48.5 Å². The smallest absolute Gasteiger partial charge is 0.269 e. The Morgan fingerprint density at radius 1 is 0.913 bits per heavy atom. The Labute approximate surface area is 140 Å². The number of aryl methyl sites for hydroxylation is 2. The second kappa shape index (κ2) is 8.34. The first-order valence-corrected chi connectivity index (χ1v) is 7.89. The van der Waals surface area contributed by atoms with Gasteiger partial charge in [0.1, 0.15) is 0 Å². The van der Waals surface area contributed by atoms with Crippen molar-refractivity contribution in [2.45, 2.75) is 26.2 Å². The lowest BCUT2D eigenvalue weighted by Gasteiger charge is -2.08. The second-order valence-corrected chi connectivity index (χ2v) is 5.62. The van der Waals surface area contributed by atoms with Crippen molar-refractivity contribution in [3.05, 3.63) is 70.2 Å². The number of halogens is 1. The van der Waals surface area contributed by atoms with E-state index in [1.165, 1.54) is 5.56 Å². The second-order valence-electron chi connectivity index (χ2n) is 5.18. The fourth-order valence-corrected chi connectivity index (χ4v) is 2.19. The van der Waals surface area contributed by atoms with Gasteiger partial charge in [0.25, 0.3) is 5.91 Å². The van der Waals surface area contributed by atoms with E-state index in [2.05, 4.69) is 29.9 Å². The molecular weight excluding hydrogens is 312 g/mol. The number of benzene rings is 2. The molecule has 5 heteroatoms. The summed E-state index contributed by atoms with van der Waals surface area (Å²) in [5, 5.41) is 0.555. The Morgan fingerprint density at radius 3 is 2.13 bits per heavy atom. The highest BCUT2D eigenvalue weighted by Gasteiger charge is 2.07. The standard InChI is InChI=1S/C18H19ClN2O2/c1-2-13-3-5-14(6-4-13)7-12-17(22)20-21-18(23)15-8-10-16(19)11-9-15/h3-6,8-11H,2,7,12H2,1H3,(H,20,22)(H,21,23). The Kier molecular flexibility index (Phi) is 6.18. The predicted molar refractivity (Wildman–Crippen MR) is 91.2 cm³/mol. The van der Waals surface area contributed by atoms with Gasteiger partial charge in [0.05, 0.1) is 0 Å². The Hall–Kier alpha value is -2.33. The molecule has 0 atom stereocenters. The number of amides is 2. The summed E-state index contributed by atoms with van der Waals surface area (Å²) < 4.78 is 0. The number of nitrogens with one attached hydrogen (secondary N) is 2. The Morgan fingerprint density at radius 2 is 1.52 bits per heavy atom. The third-order valence-corrected chi connectivity index (χ3v) is 3.75. The number of carbonyl (C=O) groups excluding carboxylic acids is 2. The largest absolute Gasteiger partial charge is 0.273 e. The summed E-state index contributed by atoms with van der Waals surface area (Å²) in [5.41, 5.74) is 7.61. The van der Waals surface area contributed by atoms with Gasteiger partial charge in [0.2, 0.25) is 5.91 Å². The third kappa shape index (κ3) is 5.42. The van der Waals surface area contributed by atoms with Crippen molar-refractivity contribution in [2.75, 3.05) is 0 Å². The molecule has 0 bridgehead atoms. The zero-order chi connectivity index (χ0) is 16.7. The number of hydrogen-bond acceptors (Lipinski definition) is 2. The van der Waals surface area contributed by atoms with Gasteiger partial charge in [0.15, 0.2) is 0 Å². The average molecular weight is 331 g/mol. The van der Waals surface area contributed by atoms with Gasteiger partial charge in [-0.2, -0.15) is 0 Å². The van der Waals surface area contributed by atoms with E-state index >= 15 is 0 Å². The fourth-order valence-electron chi connectivity index (χ4n) is 2.06. The summed E-state index contributed by atoms with van der Waals surface area (Å²) in [6.45, 7) is 2.10. The number of hydrazine groups is 1. The van der Waals surface area contributed by atoms with Gasteiger partial charge in [-0.15, -0.1) is 0 Å². The lowest BCUT2D eigenvalue weighted by atomic mass is 10.1. The molecule has 2 aromatic rings. The van der Waals surface area contributed by atoms with Crippen molar-refractivity contribution in [1.29, 1.82) is 0 Å². The van der Waals surface area contributed by atoms with E-state index in [9.17, 15) is 9.59 Å². The fraction of sp³-hybridized carbons (Fsp3) is 0.222. The van der Waals surface area contributed by atoms with E-state index < -0.39 is 0 Å². The zero-order valence-electron chi connectivity index (χ0n) is 12.9. The zero-order valence-corrected chi connectivity index (χ0v) is 13.7. The molecule has 0 aliphatic heterocycles. The van der Waals surface area contributed by atoms with Gasteiger partial charge < -0.3 is 0 Å². The maximum atomic E-state index is 11.8. The van der Waals surface area contributed by atoms with Crippen LogP contribution < -0.4 is 10.9 Å². The number of rotatable bonds is 5. The quantitative estimate of drug-likeness (QED) is 0.826. The molecule has 0 heterocycles. The van der Waals surface area contributed by atoms with Crippen LogP contribution >= 0.6 is 11.6 Å². The molecule has 0 unspecified atom stereocenters. The number of hydrogen-bond donors (Lipinski definition) is 2. The summed E-state index contributed by atoms with van der Waals surface area (Å²) >= 11 is 5.76. The highest BCUT2D eigenvalue weighted by Crippen LogP contribution is 2.09. The molecule has 0 fully saturated rings. The van der Waals surface area contributed by atoms with Crippen LogP contribution in [0.3, 0.4) is 0 Å². The first-order chi connectivity index (χ1) is 11.1. The molecule has 0 radical (unpaired) electrons. The Balaban J connectivity index is 1.76. The van der Waals surface area contributed by atoms with E-state index in [4.69, 9.17) is 11.6 Å². The van der Waals surface area contributed by atoms with Gasteiger partial charge >= 0.3 is 0 Å². The molecule has 0 aromatic heterocycles. The van der Waals surface area contributed by atoms with E-state index in [1.807, 2.05) is 12.1 Å². The third-order valence-electron chi connectivity index (χ3n) is 3.49. The molecule has 0 spiro atoms. The summed E-state index contributed by atoms with van der Waals surface area (Å²) in [5.74, 6) is -0.603. The molecule has 2 rings (SSSR count). The molecule has 23 heavy (non-hydrogen) atoms. The maximum absolute atomic E-state index is 11.8. The van der Waals surface area contributed by atoms with Gasteiger partial charge in [-0.25, -0.2) is 0 Å². The molecular formula is C18H19ClN2O2. The minimum absolute atomic E-state index is 0.230. The van der Waals surface area contributed by atoms with Crippen molar-refractivity contribution in [1.82, 2.24) is 10.9 Å². The van der Waals surface area contributed by atoms with Crippen molar-refractivity contribution in [3.63, 3.8) is 0 Å². The van der Waals surface area contributed by atoms with Crippen LogP contribution in [0.25, 0.3) is 0 Å². The van der Waals surface area contributed by atoms with E-state index in [0.29, 0.717) is 23.4 Å². The molecule has 2 amide bonds. The van der Waals surface area contributed by atoms with Crippen LogP contribution in [-0.2, 0) is 17.6 Å². The van der Waals surface area contributed by atoms with Crippen LogP contribution in [0.4, 0.5) is 0 Å². The van der Waals surface area contributed by atoms with Crippen molar-refractivity contribution in [2.24, 2.45) is 0 Å². The molecule has 0 aliphatic carbocycles. The first kappa shape index (κ1) is 17.0. The molecule has 0 aliphatic rings. The summed E-state index contributed by atoms with van der Waals surface area (Å²) in [6, 6.07) is 14.6. The van der Waals surface area contributed by atoms with Crippen LogP contribution in [0.5, 0.6) is 0 Å². The van der Waals surface area contributed by atoms with Crippen LogP contribution in [0.1, 0.15) is 34.8 Å². The summed E-state index contributed by atoms with van der Waals surface area (Å²) in [6.07, 6.45) is 1.94. The topological polar surface area (TPSA) is 58.2 Å². The average Bonchev–Trinajstić information content (AvgIpc) is 2.59. The monoisotopic (exact) mass is 330 g/mol. The van der Waals surface area contributed by atoms with Gasteiger partial charge in [-0.1, -0.05) is 42.8 Å². The van der Waals surface area contributed by atoms with Crippen LogP contribution in [0.2, 0.25) is 5.02 Å². The first-order valence-electron chi connectivity index (χ1n) is 7.51. The summed E-state index contributed by atoms with van der Waals surface area (Å²) in [4.78, 5) is 23.6. The normalized spacial score (nSPS) is 10.2. The minimum atomic E-state index is -0.373. The molecule has 2 N–H and O–H groups in total. The molecule has 0 saturated heterocycles. The molecule has 4 nitrogen and oxygen atoms in total. The highest BCUT2D eigenvalue weighted by molar-refractivity contribution is 6.30. The number of carbonyl (C=O) groups is 2. The SMILES string of the molecule is CCc1ccc(CCC(=O)NNC(=O)c2ccc(Cl)cc2)cc1. The van der Waals surface area contributed by atoms with Crippen molar-refractivity contribution in [3.8, 4) is 0 Å². The minimum Gasteiger partial charge on any atom is -0.273 e. The molecule has 0 saturated carbocycles. The highest BCUT2D eigenvalue weighted by atomic mass is 35.5. The van der Waals surface area contributed by atoms with Gasteiger partial charge in [-0.05, 0) is 48.2 Å². The van der Waals surface area contributed by atoms with Gasteiger partial charge in [0, 0.05) is 17.0 Å². The molecule has 2 aromatic carbocycles. The van der Waals surface area contributed by atoms with Crippen LogP contribution in [-0.4, -0.2) is 11.8 Å². The van der Waals surface area contributed by atoms with Crippen LogP contribution in [0, 0.1) is 0 Å². The lowest BCUT2D eigenvalue weighted by molar-refractivity contribution is -0.121. The van der Waals surface area contributed by atoms with Crippen molar-refractivity contribution >= 4 is 23.4 Å².